The first-order valence-corrected chi connectivity index (χ1v) is 11.6. The fourth-order valence-corrected chi connectivity index (χ4v) is 7.60. The van der Waals surface area contributed by atoms with E-state index in [-0.39, 0.29) is 5.60 Å². The summed E-state index contributed by atoms with van der Waals surface area (Å²) in [5.41, 5.74) is 5.13. The zero-order valence-electron chi connectivity index (χ0n) is 17.8. The van der Waals surface area contributed by atoms with Crippen molar-refractivity contribution in [1.82, 2.24) is 9.97 Å². The Morgan fingerprint density at radius 1 is 0.900 bits per heavy atom. The SMILES string of the molecule is Cc1c2ccncc2c(C)c2c1[nH]c1ccc(OC34CC5CC(CC(C5)C3)C4)cc12. The molecule has 0 unspecified atom stereocenters. The monoisotopic (exact) mass is 396 g/mol. The van der Waals surface area contributed by atoms with E-state index in [1.165, 1.54) is 82.2 Å². The Bertz CT molecular complexity index is 1300. The topological polar surface area (TPSA) is 37.9 Å². The molecule has 30 heavy (non-hydrogen) atoms. The van der Waals surface area contributed by atoms with Crippen molar-refractivity contribution in [2.24, 2.45) is 17.8 Å². The Morgan fingerprint density at radius 2 is 1.63 bits per heavy atom. The molecule has 1 N–H and O–H groups in total. The smallest absolute Gasteiger partial charge is 0.120 e. The minimum atomic E-state index is 0.0934. The summed E-state index contributed by atoms with van der Waals surface area (Å²) in [7, 11) is 0. The van der Waals surface area contributed by atoms with Crippen LogP contribution in [0, 0.1) is 31.6 Å². The molecule has 0 spiro atoms. The van der Waals surface area contributed by atoms with Gasteiger partial charge in [0.05, 0.1) is 5.52 Å². The van der Waals surface area contributed by atoms with Gasteiger partial charge in [-0.3, -0.25) is 4.98 Å². The van der Waals surface area contributed by atoms with Gasteiger partial charge in [0.2, 0.25) is 0 Å². The number of nitrogens with one attached hydrogen (secondary N) is 1. The van der Waals surface area contributed by atoms with E-state index in [4.69, 9.17) is 4.74 Å². The lowest BCUT2D eigenvalue weighted by Gasteiger charge is -2.56. The molecule has 152 valence electrons. The largest absolute Gasteiger partial charge is 0.487 e. The average molecular weight is 397 g/mol. The molecule has 4 aliphatic carbocycles. The van der Waals surface area contributed by atoms with Crippen LogP contribution in [0.1, 0.15) is 49.7 Å². The van der Waals surface area contributed by atoms with E-state index in [0.717, 1.165) is 23.5 Å². The molecule has 0 saturated heterocycles. The summed E-state index contributed by atoms with van der Waals surface area (Å²) < 4.78 is 6.87. The molecule has 8 rings (SSSR count). The van der Waals surface area contributed by atoms with E-state index in [1.807, 2.05) is 12.4 Å². The highest BCUT2D eigenvalue weighted by Crippen LogP contribution is 2.57. The lowest BCUT2D eigenvalue weighted by Crippen LogP contribution is -2.53. The van der Waals surface area contributed by atoms with Crippen molar-refractivity contribution >= 4 is 32.6 Å². The number of aromatic amines is 1. The number of aryl methyl sites for hydroxylation is 2. The lowest BCUT2D eigenvalue weighted by molar-refractivity contribution is -0.107. The Hall–Kier alpha value is -2.55. The first-order valence-electron chi connectivity index (χ1n) is 11.6. The van der Waals surface area contributed by atoms with Gasteiger partial charge < -0.3 is 9.72 Å². The van der Waals surface area contributed by atoms with Crippen molar-refractivity contribution in [2.45, 2.75) is 58.0 Å². The van der Waals surface area contributed by atoms with Gasteiger partial charge in [0, 0.05) is 34.1 Å². The van der Waals surface area contributed by atoms with Crippen LogP contribution in [0.5, 0.6) is 5.75 Å². The molecular formula is C27H28N2O. The normalized spacial score (nSPS) is 30.0. The van der Waals surface area contributed by atoms with Crippen LogP contribution in [0.25, 0.3) is 32.6 Å². The Balaban J connectivity index is 1.38. The summed E-state index contributed by atoms with van der Waals surface area (Å²) in [5.74, 6) is 3.75. The number of aromatic nitrogens is 2. The van der Waals surface area contributed by atoms with Crippen LogP contribution in [0.4, 0.5) is 0 Å². The summed E-state index contributed by atoms with van der Waals surface area (Å²) in [6, 6.07) is 8.82. The second kappa shape index (κ2) is 5.78. The van der Waals surface area contributed by atoms with Crippen molar-refractivity contribution in [1.29, 1.82) is 0 Å². The number of ether oxygens (including phenoxy) is 1. The molecule has 0 aliphatic heterocycles. The van der Waals surface area contributed by atoms with Gasteiger partial charge >= 0.3 is 0 Å². The van der Waals surface area contributed by atoms with E-state index in [9.17, 15) is 0 Å². The van der Waals surface area contributed by atoms with E-state index in [0.29, 0.717) is 0 Å². The van der Waals surface area contributed by atoms with E-state index >= 15 is 0 Å². The maximum Gasteiger partial charge on any atom is 0.120 e. The second-order valence-electron chi connectivity index (χ2n) is 10.5. The van der Waals surface area contributed by atoms with Crippen LogP contribution in [0.2, 0.25) is 0 Å². The van der Waals surface area contributed by atoms with E-state index in [2.05, 4.69) is 48.1 Å². The standard InChI is InChI=1S/C27H28N2O/c1-15-23-14-28-6-5-21(23)16(2)26-25(15)22-10-20(3-4-24(22)29-26)30-27-11-17-7-18(12-27)9-19(8-17)13-27/h3-6,10,14,17-19,29H,7-9,11-13H2,1-2H3. The van der Waals surface area contributed by atoms with Gasteiger partial charge in [0.25, 0.3) is 0 Å². The molecule has 4 saturated carbocycles. The maximum atomic E-state index is 6.87. The highest BCUT2D eigenvalue weighted by Gasteiger charge is 2.52. The molecule has 0 radical (unpaired) electrons. The Morgan fingerprint density at radius 3 is 2.37 bits per heavy atom. The number of hydrogen-bond donors (Lipinski definition) is 1. The number of nitrogens with zero attached hydrogens (tertiary/aromatic N) is 1. The molecular weight excluding hydrogens is 368 g/mol. The maximum absolute atomic E-state index is 6.87. The second-order valence-corrected chi connectivity index (χ2v) is 10.5. The van der Waals surface area contributed by atoms with Crippen LogP contribution in [0.15, 0.2) is 36.7 Å². The molecule has 2 aromatic carbocycles. The van der Waals surface area contributed by atoms with Crippen molar-refractivity contribution in [3.63, 3.8) is 0 Å². The van der Waals surface area contributed by atoms with Crippen molar-refractivity contribution < 1.29 is 4.74 Å². The van der Waals surface area contributed by atoms with Gasteiger partial charge in [0.15, 0.2) is 0 Å². The highest BCUT2D eigenvalue weighted by molar-refractivity contribution is 6.16. The summed E-state index contributed by atoms with van der Waals surface area (Å²) in [6.45, 7) is 4.44. The molecule has 4 aromatic rings. The lowest BCUT2D eigenvalue weighted by atomic mass is 9.54. The minimum Gasteiger partial charge on any atom is -0.487 e. The third-order valence-corrected chi connectivity index (χ3v) is 8.47. The number of hydrogen-bond acceptors (Lipinski definition) is 2. The molecule has 4 bridgehead atoms. The molecule has 0 amide bonds. The molecule has 4 aliphatic rings. The summed E-state index contributed by atoms with van der Waals surface area (Å²) >= 11 is 0. The predicted octanol–water partition coefficient (Wildman–Crippen LogP) is 6.83. The van der Waals surface area contributed by atoms with Gasteiger partial charge in [-0.2, -0.15) is 0 Å². The average Bonchev–Trinajstić information content (AvgIpc) is 3.10. The number of fused-ring (bicyclic) bond motifs is 4. The van der Waals surface area contributed by atoms with Crippen molar-refractivity contribution in [3.8, 4) is 5.75 Å². The van der Waals surface area contributed by atoms with E-state index in [1.54, 1.807) is 0 Å². The fraction of sp³-hybridized carbons (Fsp3) is 0.444. The zero-order chi connectivity index (χ0) is 20.0. The van der Waals surface area contributed by atoms with Gasteiger partial charge in [0.1, 0.15) is 11.4 Å². The molecule has 3 nitrogen and oxygen atoms in total. The Kier molecular flexibility index (Phi) is 3.31. The molecule has 4 fully saturated rings. The van der Waals surface area contributed by atoms with Crippen LogP contribution >= 0.6 is 0 Å². The number of benzene rings is 2. The van der Waals surface area contributed by atoms with Gasteiger partial charge in [-0.25, -0.2) is 0 Å². The summed E-state index contributed by atoms with van der Waals surface area (Å²) in [4.78, 5) is 8.08. The zero-order valence-corrected chi connectivity index (χ0v) is 17.8. The van der Waals surface area contributed by atoms with E-state index < -0.39 is 0 Å². The van der Waals surface area contributed by atoms with Gasteiger partial charge in [-0.15, -0.1) is 0 Å². The molecule has 3 heteroatoms. The highest BCUT2D eigenvalue weighted by atomic mass is 16.5. The molecule has 0 atom stereocenters. The summed E-state index contributed by atoms with van der Waals surface area (Å²) in [5, 5.41) is 5.12. The first-order chi connectivity index (χ1) is 14.6. The molecule has 2 heterocycles. The fourth-order valence-electron chi connectivity index (χ4n) is 7.60. The first kappa shape index (κ1) is 17.2. The van der Waals surface area contributed by atoms with Crippen molar-refractivity contribution in [3.05, 3.63) is 47.8 Å². The van der Waals surface area contributed by atoms with Crippen LogP contribution in [-0.4, -0.2) is 15.6 Å². The van der Waals surface area contributed by atoms with Crippen LogP contribution < -0.4 is 4.74 Å². The summed E-state index contributed by atoms with van der Waals surface area (Å²) in [6.07, 6.45) is 12.0. The van der Waals surface area contributed by atoms with Crippen molar-refractivity contribution in [2.75, 3.05) is 0 Å². The minimum absolute atomic E-state index is 0.0934. The quantitative estimate of drug-likeness (QED) is 0.403. The molecule has 2 aromatic heterocycles. The number of pyridine rings is 1. The number of rotatable bonds is 2. The third-order valence-electron chi connectivity index (χ3n) is 8.47. The number of H-pyrrole nitrogens is 1. The Labute approximate surface area is 176 Å². The van der Waals surface area contributed by atoms with Crippen LogP contribution in [-0.2, 0) is 0 Å². The predicted molar refractivity (Wildman–Crippen MR) is 122 cm³/mol. The van der Waals surface area contributed by atoms with Gasteiger partial charge in [-0.1, -0.05) is 0 Å². The van der Waals surface area contributed by atoms with Crippen LogP contribution in [0.3, 0.4) is 0 Å². The third kappa shape index (κ3) is 2.29. The van der Waals surface area contributed by atoms with Gasteiger partial charge in [-0.05, 0) is 111 Å².